The van der Waals surface area contributed by atoms with Crippen molar-refractivity contribution in [1.82, 2.24) is 0 Å². The van der Waals surface area contributed by atoms with Gasteiger partial charge in [0, 0.05) is 11.6 Å². The highest BCUT2D eigenvalue weighted by molar-refractivity contribution is 8.27. The van der Waals surface area contributed by atoms with Crippen LogP contribution in [0, 0.1) is 13.8 Å². The Balaban J connectivity index is 1.64. The maximum absolute atomic E-state index is 13.1. The molecule has 0 radical (unpaired) electrons. The van der Waals surface area contributed by atoms with E-state index in [1.54, 1.807) is 23.1 Å². The lowest BCUT2D eigenvalue weighted by molar-refractivity contribution is -0.113. The molecule has 0 atom stereocenters. The van der Waals surface area contributed by atoms with Crippen LogP contribution < -0.4 is 4.90 Å². The summed E-state index contributed by atoms with van der Waals surface area (Å²) in [6.45, 7) is 3.95. The molecule has 1 amide bonds. The Kier molecular flexibility index (Phi) is 5.58. The number of thiocarbonyl (C=S) groups is 1. The lowest BCUT2D eigenvalue weighted by atomic mass is 10.1. The summed E-state index contributed by atoms with van der Waals surface area (Å²) in [6.07, 6.45) is 1.72. The number of rotatable bonds is 3. The first-order valence-corrected chi connectivity index (χ1v) is 10.7. The summed E-state index contributed by atoms with van der Waals surface area (Å²) >= 11 is 18.8. The molecule has 1 aliphatic rings. The van der Waals surface area contributed by atoms with Crippen molar-refractivity contribution in [1.29, 1.82) is 0 Å². The van der Waals surface area contributed by atoms with Gasteiger partial charge in [-0.15, -0.1) is 0 Å². The van der Waals surface area contributed by atoms with Gasteiger partial charge in [0.15, 0.2) is 4.32 Å². The Morgan fingerprint density at radius 3 is 2.45 bits per heavy atom. The number of furan rings is 1. The van der Waals surface area contributed by atoms with Crippen molar-refractivity contribution < 1.29 is 9.21 Å². The van der Waals surface area contributed by atoms with Gasteiger partial charge in [-0.05, 0) is 55.3 Å². The Morgan fingerprint density at radius 2 is 1.76 bits per heavy atom. The number of amides is 1. The van der Waals surface area contributed by atoms with E-state index < -0.39 is 0 Å². The van der Waals surface area contributed by atoms with Gasteiger partial charge < -0.3 is 4.42 Å². The van der Waals surface area contributed by atoms with E-state index in [2.05, 4.69) is 0 Å². The van der Waals surface area contributed by atoms with Crippen LogP contribution in [0.4, 0.5) is 5.69 Å². The van der Waals surface area contributed by atoms with Crippen molar-refractivity contribution in [3.8, 4) is 11.3 Å². The van der Waals surface area contributed by atoms with E-state index >= 15 is 0 Å². The van der Waals surface area contributed by atoms with Crippen LogP contribution >= 0.6 is 47.2 Å². The van der Waals surface area contributed by atoms with Crippen LogP contribution in [0.25, 0.3) is 17.4 Å². The molecule has 7 heteroatoms. The maximum Gasteiger partial charge on any atom is 0.270 e. The second-order valence-electron chi connectivity index (χ2n) is 6.59. The van der Waals surface area contributed by atoms with Gasteiger partial charge in [0.05, 0.1) is 20.6 Å². The molecule has 0 spiro atoms. The van der Waals surface area contributed by atoms with Crippen LogP contribution in [0.2, 0.25) is 10.0 Å². The van der Waals surface area contributed by atoms with Crippen LogP contribution in [-0.2, 0) is 4.79 Å². The second-order valence-corrected chi connectivity index (χ2v) is 9.08. The number of anilines is 1. The predicted octanol–water partition coefficient (Wildman–Crippen LogP) is 7.28. The first-order chi connectivity index (χ1) is 13.8. The third-order valence-corrected chi connectivity index (χ3v) is 6.60. The van der Waals surface area contributed by atoms with Crippen LogP contribution in [0.15, 0.2) is 57.9 Å². The van der Waals surface area contributed by atoms with E-state index in [1.165, 1.54) is 11.8 Å². The molecule has 0 aliphatic carbocycles. The minimum Gasteiger partial charge on any atom is -0.457 e. The van der Waals surface area contributed by atoms with Gasteiger partial charge in [-0.1, -0.05) is 65.4 Å². The molecule has 29 heavy (non-hydrogen) atoms. The predicted molar refractivity (Wildman–Crippen MR) is 126 cm³/mol. The second kappa shape index (κ2) is 8.00. The van der Waals surface area contributed by atoms with Crippen molar-refractivity contribution in [3.05, 3.63) is 80.4 Å². The number of para-hydroxylation sites is 1. The standard InChI is InChI=1S/C22H15Cl2NO2S2/c1-12-4-3-5-13(2)20(12)25-21(26)19(29-22(25)28)11-15-7-9-18(27-15)14-6-8-16(23)17(24)10-14/h3-11H,1-2H3/b19-11+. The largest absolute Gasteiger partial charge is 0.457 e. The molecule has 1 aliphatic heterocycles. The lowest BCUT2D eigenvalue weighted by Gasteiger charge is -2.19. The Bertz CT molecular complexity index is 1160. The van der Waals surface area contributed by atoms with E-state index in [0.717, 1.165) is 22.4 Å². The molecule has 3 nitrogen and oxygen atoms in total. The molecule has 2 aromatic carbocycles. The first kappa shape index (κ1) is 20.2. The maximum atomic E-state index is 13.1. The zero-order valence-electron chi connectivity index (χ0n) is 15.5. The zero-order chi connectivity index (χ0) is 20.7. The normalized spacial score (nSPS) is 15.6. The molecule has 0 unspecified atom stereocenters. The van der Waals surface area contributed by atoms with Crippen LogP contribution in [0.3, 0.4) is 0 Å². The molecule has 0 saturated carbocycles. The number of carbonyl (C=O) groups is 1. The topological polar surface area (TPSA) is 33.5 Å². The highest BCUT2D eigenvalue weighted by Crippen LogP contribution is 2.39. The summed E-state index contributed by atoms with van der Waals surface area (Å²) in [5, 5.41) is 0.939. The molecule has 2 heterocycles. The summed E-state index contributed by atoms with van der Waals surface area (Å²) in [5.41, 5.74) is 3.65. The fourth-order valence-corrected chi connectivity index (χ4v) is 4.73. The quantitative estimate of drug-likeness (QED) is 0.304. The highest BCUT2D eigenvalue weighted by Gasteiger charge is 2.35. The molecule has 146 valence electrons. The van der Waals surface area contributed by atoms with E-state index in [9.17, 15) is 4.79 Å². The Morgan fingerprint density at radius 1 is 1.03 bits per heavy atom. The van der Waals surface area contributed by atoms with Crippen LogP contribution in [0.1, 0.15) is 16.9 Å². The van der Waals surface area contributed by atoms with E-state index in [4.69, 9.17) is 39.8 Å². The van der Waals surface area contributed by atoms with Gasteiger partial charge in [-0.25, -0.2) is 0 Å². The third-order valence-electron chi connectivity index (χ3n) is 4.56. The fourth-order valence-electron chi connectivity index (χ4n) is 3.18. The number of halogens is 2. The summed E-state index contributed by atoms with van der Waals surface area (Å²) in [5.74, 6) is 1.05. The van der Waals surface area contributed by atoms with E-state index in [0.29, 0.717) is 30.8 Å². The third kappa shape index (κ3) is 3.88. The SMILES string of the molecule is Cc1cccc(C)c1N1C(=O)/C(=C\c2ccc(-c3ccc(Cl)c(Cl)c3)o2)SC1=S. The first-order valence-electron chi connectivity index (χ1n) is 8.74. The van der Waals surface area contributed by atoms with Crippen molar-refractivity contribution in [2.24, 2.45) is 0 Å². The van der Waals surface area contributed by atoms with Crippen molar-refractivity contribution in [2.75, 3.05) is 4.90 Å². The lowest BCUT2D eigenvalue weighted by Crippen LogP contribution is -2.29. The highest BCUT2D eigenvalue weighted by atomic mass is 35.5. The van der Waals surface area contributed by atoms with Gasteiger partial charge in [0.25, 0.3) is 5.91 Å². The van der Waals surface area contributed by atoms with E-state index in [1.807, 2.05) is 50.2 Å². The zero-order valence-corrected chi connectivity index (χ0v) is 18.7. The average molecular weight is 460 g/mol. The molecule has 0 N–H and O–H groups in total. The number of thioether (sulfide) groups is 1. The van der Waals surface area contributed by atoms with Crippen molar-refractivity contribution >= 4 is 69.2 Å². The Hall–Kier alpha value is -2.05. The number of benzene rings is 2. The minimum atomic E-state index is -0.148. The minimum absolute atomic E-state index is 0.148. The molecule has 1 fully saturated rings. The number of hydrogen-bond donors (Lipinski definition) is 0. The summed E-state index contributed by atoms with van der Waals surface area (Å²) in [4.78, 5) is 15.2. The summed E-state index contributed by atoms with van der Waals surface area (Å²) in [7, 11) is 0. The van der Waals surface area contributed by atoms with Crippen LogP contribution in [-0.4, -0.2) is 10.2 Å². The number of aryl methyl sites for hydroxylation is 2. The van der Waals surface area contributed by atoms with Gasteiger partial charge in [0.1, 0.15) is 11.5 Å². The number of nitrogens with zero attached hydrogens (tertiary/aromatic N) is 1. The summed E-state index contributed by atoms with van der Waals surface area (Å²) < 4.78 is 6.40. The Labute approximate surface area is 188 Å². The molecule has 4 rings (SSSR count). The van der Waals surface area contributed by atoms with Gasteiger partial charge >= 0.3 is 0 Å². The smallest absolute Gasteiger partial charge is 0.270 e. The van der Waals surface area contributed by atoms with Gasteiger partial charge in [-0.2, -0.15) is 0 Å². The van der Waals surface area contributed by atoms with Crippen molar-refractivity contribution in [3.63, 3.8) is 0 Å². The molecule has 0 bridgehead atoms. The molecular formula is C22H15Cl2NO2S2. The fraction of sp³-hybridized carbons (Fsp3) is 0.0909. The van der Waals surface area contributed by atoms with Crippen molar-refractivity contribution in [2.45, 2.75) is 13.8 Å². The number of carbonyl (C=O) groups excluding carboxylic acids is 1. The monoisotopic (exact) mass is 459 g/mol. The molecule has 1 aromatic heterocycles. The van der Waals surface area contributed by atoms with Crippen LogP contribution in [0.5, 0.6) is 0 Å². The van der Waals surface area contributed by atoms with E-state index in [-0.39, 0.29) is 5.91 Å². The van der Waals surface area contributed by atoms with Gasteiger partial charge in [0.2, 0.25) is 0 Å². The summed E-state index contributed by atoms with van der Waals surface area (Å²) in [6, 6.07) is 14.8. The number of hydrogen-bond acceptors (Lipinski definition) is 4. The van der Waals surface area contributed by atoms with Gasteiger partial charge in [-0.3, -0.25) is 9.69 Å². The molecule has 1 saturated heterocycles. The molecule has 3 aromatic rings. The molecular weight excluding hydrogens is 445 g/mol. The average Bonchev–Trinajstić information content (AvgIpc) is 3.24.